The topological polar surface area (TPSA) is 41.5 Å². The van der Waals surface area contributed by atoms with Gasteiger partial charge in [-0.15, -0.1) is 0 Å². The first-order chi connectivity index (χ1) is 9.30. The molecular formula is C17H27NO2. The van der Waals surface area contributed by atoms with Crippen LogP contribution < -0.4 is 10.1 Å². The molecule has 2 N–H and O–H groups in total. The van der Waals surface area contributed by atoms with Gasteiger partial charge in [0.25, 0.3) is 0 Å². The van der Waals surface area contributed by atoms with Gasteiger partial charge in [-0.05, 0) is 44.9 Å². The smallest absolute Gasteiger partial charge is 0.120 e. The van der Waals surface area contributed by atoms with Crippen LogP contribution in [0.4, 0.5) is 0 Å². The first-order valence-electron chi connectivity index (χ1n) is 7.51. The van der Waals surface area contributed by atoms with Crippen molar-refractivity contribution >= 4 is 0 Å². The van der Waals surface area contributed by atoms with Crippen LogP contribution in [-0.2, 0) is 0 Å². The first kappa shape index (κ1) is 15.3. The average Bonchev–Trinajstić information content (AvgIpc) is 2.37. The number of ether oxygens (including phenoxy) is 1. The highest BCUT2D eigenvalue weighted by atomic mass is 16.5. The van der Waals surface area contributed by atoms with Gasteiger partial charge in [-0.3, -0.25) is 0 Å². The molecule has 0 spiro atoms. The van der Waals surface area contributed by atoms with Gasteiger partial charge in [-0.25, -0.2) is 0 Å². The highest BCUT2D eigenvalue weighted by Gasteiger charge is 2.47. The summed E-state index contributed by atoms with van der Waals surface area (Å²) in [5, 5.41) is 13.4. The summed E-state index contributed by atoms with van der Waals surface area (Å²) < 4.78 is 5.74. The fraction of sp³-hybridized carbons (Fsp3) is 0.647. The van der Waals surface area contributed by atoms with Crippen LogP contribution in [0.25, 0.3) is 0 Å². The van der Waals surface area contributed by atoms with Gasteiger partial charge < -0.3 is 15.2 Å². The van der Waals surface area contributed by atoms with Crippen molar-refractivity contribution in [2.24, 2.45) is 5.41 Å². The second-order valence-corrected chi connectivity index (χ2v) is 6.75. The molecule has 3 unspecified atom stereocenters. The maximum absolute atomic E-state index is 9.81. The summed E-state index contributed by atoms with van der Waals surface area (Å²) in [6.45, 7) is 10.5. The lowest BCUT2D eigenvalue weighted by atomic mass is 9.64. The molecule has 0 aliphatic heterocycles. The molecule has 1 aliphatic carbocycles. The Bertz CT molecular complexity index is 456. The minimum atomic E-state index is -0.192. The molecule has 1 saturated carbocycles. The molecule has 0 aromatic heterocycles. The summed E-state index contributed by atoms with van der Waals surface area (Å²) in [6.07, 6.45) is 0.830. The second kappa shape index (κ2) is 5.74. The van der Waals surface area contributed by atoms with E-state index in [4.69, 9.17) is 4.74 Å². The summed E-state index contributed by atoms with van der Waals surface area (Å²) in [4.78, 5) is 0. The van der Waals surface area contributed by atoms with E-state index in [1.807, 2.05) is 26.0 Å². The SMILES string of the molecule is CC(C)Oc1cccc(C(C)NC2CC(O)C2(C)C)c1. The fourth-order valence-electron chi connectivity index (χ4n) is 2.71. The summed E-state index contributed by atoms with van der Waals surface area (Å²) >= 11 is 0. The minimum absolute atomic E-state index is 0.0414. The Morgan fingerprint density at radius 3 is 2.55 bits per heavy atom. The van der Waals surface area contributed by atoms with Gasteiger partial charge in [-0.1, -0.05) is 26.0 Å². The monoisotopic (exact) mass is 277 g/mol. The molecule has 0 bridgehead atoms. The van der Waals surface area contributed by atoms with Crippen molar-refractivity contribution in [2.75, 3.05) is 0 Å². The lowest BCUT2D eigenvalue weighted by Crippen LogP contribution is -2.60. The quantitative estimate of drug-likeness (QED) is 0.868. The van der Waals surface area contributed by atoms with Crippen LogP contribution in [0.5, 0.6) is 5.75 Å². The molecule has 20 heavy (non-hydrogen) atoms. The normalized spacial score (nSPS) is 26.1. The predicted molar refractivity (Wildman–Crippen MR) is 81.9 cm³/mol. The molecule has 3 atom stereocenters. The van der Waals surface area contributed by atoms with Gasteiger partial charge in [0, 0.05) is 17.5 Å². The third-order valence-electron chi connectivity index (χ3n) is 4.40. The number of aliphatic hydroxyl groups excluding tert-OH is 1. The van der Waals surface area contributed by atoms with Crippen molar-refractivity contribution < 1.29 is 9.84 Å². The van der Waals surface area contributed by atoms with E-state index in [9.17, 15) is 5.11 Å². The summed E-state index contributed by atoms with van der Waals surface area (Å²) in [7, 11) is 0. The maximum Gasteiger partial charge on any atom is 0.120 e. The van der Waals surface area contributed by atoms with Crippen molar-refractivity contribution in [1.82, 2.24) is 5.32 Å². The van der Waals surface area contributed by atoms with Gasteiger partial charge in [0.05, 0.1) is 12.2 Å². The summed E-state index contributed by atoms with van der Waals surface area (Å²) in [6, 6.07) is 8.86. The number of hydrogen-bond donors (Lipinski definition) is 2. The first-order valence-corrected chi connectivity index (χ1v) is 7.51. The van der Waals surface area contributed by atoms with Gasteiger partial charge in [0.1, 0.15) is 5.75 Å². The maximum atomic E-state index is 9.81. The highest BCUT2D eigenvalue weighted by molar-refractivity contribution is 5.30. The highest BCUT2D eigenvalue weighted by Crippen LogP contribution is 2.41. The van der Waals surface area contributed by atoms with Crippen LogP contribution in [0.15, 0.2) is 24.3 Å². The van der Waals surface area contributed by atoms with E-state index >= 15 is 0 Å². The Morgan fingerprint density at radius 2 is 2.00 bits per heavy atom. The molecule has 0 radical (unpaired) electrons. The van der Waals surface area contributed by atoms with Crippen LogP contribution >= 0.6 is 0 Å². The number of aliphatic hydroxyl groups is 1. The molecule has 2 rings (SSSR count). The molecule has 112 valence electrons. The van der Waals surface area contributed by atoms with Crippen molar-refractivity contribution in [3.05, 3.63) is 29.8 Å². The molecule has 1 aliphatic rings. The van der Waals surface area contributed by atoms with Gasteiger partial charge in [-0.2, -0.15) is 0 Å². The zero-order chi connectivity index (χ0) is 14.9. The van der Waals surface area contributed by atoms with Crippen molar-refractivity contribution in [1.29, 1.82) is 0 Å². The largest absolute Gasteiger partial charge is 0.491 e. The molecule has 1 aromatic carbocycles. The molecule has 0 saturated heterocycles. The Labute approximate surface area is 122 Å². The number of nitrogens with one attached hydrogen (secondary N) is 1. The number of rotatable bonds is 5. The summed E-state index contributed by atoms with van der Waals surface area (Å²) in [5.41, 5.74) is 1.18. The van der Waals surface area contributed by atoms with Crippen molar-refractivity contribution in [3.63, 3.8) is 0 Å². The van der Waals surface area contributed by atoms with E-state index in [0.29, 0.717) is 6.04 Å². The van der Waals surface area contributed by atoms with E-state index in [0.717, 1.165) is 12.2 Å². The molecule has 3 heteroatoms. The van der Waals surface area contributed by atoms with Crippen LogP contribution in [0, 0.1) is 5.41 Å². The molecule has 0 amide bonds. The zero-order valence-corrected chi connectivity index (χ0v) is 13.2. The van der Waals surface area contributed by atoms with Crippen molar-refractivity contribution in [2.45, 2.75) is 65.3 Å². The van der Waals surface area contributed by atoms with E-state index < -0.39 is 0 Å². The molecule has 1 aromatic rings. The second-order valence-electron chi connectivity index (χ2n) is 6.75. The molecule has 1 fully saturated rings. The molecule has 0 heterocycles. The Balaban J connectivity index is 2.01. The number of hydrogen-bond acceptors (Lipinski definition) is 3. The average molecular weight is 277 g/mol. The third-order valence-corrected chi connectivity index (χ3v) is 4.40. The van der Waals surface area contributed by atoms with Crippen LogP contribution in [-0.4, -0.2) is 23.4 Å². The Kier molecular flexibility index (Phi) is 4.40. The Hall–Kier alpha value is -1.06. The van der Waals surface area contributed by atoms with Crippen LogP contribution in [0.3, 0.4) is 0 Å². The van der Waals surface area contributed by atoms with Crippen LogP contribution in [0.1, 0.15) is 52.6 Å². The van der Waals surface area contributed by atoms with Gasteiger partial charge in [0.2, 0.25) is 0 Å². The molecule has 3 nitrogen and oxygen atoms in total. The van der Waals surface area contributed by atoms with E-state index in [1.165, 1.54) is 5.56 Å². The lowest BCUT2D eigenvalue weighted by Gasteiger charge is -2.50. The van der Waals surface area contributed by atoms with E-state index in [-0.39, 0.29) is 23.7 Å². The van der Waals surface area contributed by atoms with Gasteiger partial charge in [0.15, 0.2) is 0 Å². The predicted octanol–water partition coefficient (Wildman–Crippen LogP) is 3.28. The van der Waals surface area contributed by atoms with Gasteiger partial charge >= 0.3 is 0 Å². The zero-order valence-electron chi connectivity index (χ0n) is 13.2. The lowest BCUT2D eigenvalue weighted by molar-refractivity contribution is -0.0754. The van der Waals surface area contributed by atoms with E-state index in [1.54, 1.807) is 0 Å². The Morgan fingerprint density at radius 1 is 1.30 bits per heavy atom. The van der Waals surface area contributed by atoms with Crippen molar-refractivity contribution in [3.8, 4) is 5.75 Å². The third kappa shape index (κ3) is 3.15. The number of benzene rings is 1. The molecular weight excluding hydrogens is 250 g/mol. The fourth-order valence-corrected chi connectivity index (χ4v) is 2.71. The standard InChI is InChI=1S/C17H27NO2/c1-11(2)20-14-8-6-7-13(9-14)12(3)18-15-10-16(19)17(15,4)5/h6-9,11-12,15-16,18-19H,10H2,1-5H3. The minimum Gasteiger partial charge on any atom is -0.491 e. The summed E-state index contributed by atoms with van der Waals surface area (Å²) in [5.74, 6) is 0.916. The van der Waals surface area contributed by atoms with Crippen LogP contribution in [0.2, 0.25) is 0 Å². The van der Waals surface area contributed by atoms with E-state index in [2.05, 4.69) is 38.2 Å².